The molecule has 0 spiro atoms. The van der Waals surface area contributed by atoms with Crippen LogP contribution >= 0.6 is 11.3 Å². The lowest BCUT2D eigenvalue weighted by molar-refractivity contribution is -0.131. The van der Waals surface area contributed by atoms with Crippen LogP contribution in [-0.4, -0.2) is 24.2 Å². The summed E-state index contributed by atoms with van der Waals surface area (Å²) in [6.07, 6.45) is 3.77. The summed E-state index contributed by atoms with van der Waals surface area (Å²) in [5.41, 5.74) is 2.02. The summed E-state index contributed by atoms with van der Waals surface area (Å²) in [7, 11) is 2.08. The predicted octanol–water partition coefficient (Wildman–Crippen LogP) is 3.91. The molecular weight excluding hydrogens is 282 g/mol. The standard InChI is InChI=1S/C17H19NO2S/c1-13(12-16-4-3-11-21-16)18(2)15-8-5-14(6-9-15)7-10-17(19)20/h3-11,13H,12H2,1-2H3,(H,19,20). The Morgan fingerprint density at radius 3 is 2.62 bits per heavy atom. The Morgan fingerprint density at radius 1 is 1.33 bits per heavy atom. The minimum Gasteiger partial charge on any atom is -0.478 e. The van der Waals surface area contributed by atoms with Crippen LogP contribution in [0.3, 0.4) is 0 Å². The zero-order valence-electron chi connectivity index (χ0n) is 12.2. The van der Waals surface area contributed by atoms with Crippen molar-refractivity contribution in [2.24, 2.45) is 0 Å². The van der Waals surface area contributed by atoms with Gasteiger partial charge in [-0.15, -0.1) is 11.3 Å². The molecule has 110 valence electrons. The fourth-order valence-electron chi connectivity index (χ4n) is 2.10. The Morgan fingerprint density at radius 2 is 2.05 bits per heavy atom. The predicted molar refractivity (Wildman–Crippen MR) is 89.0 cm³/mol. The molecule has 0 amide bonds. The number of rotatable bonds is 6. The van der Waals surface area contributed by atoms with Crippen LogP contribution in [0.1, 0.15) is 17.4 Å². The van der Waals surface area contributed by atoms with Gasteiger partial charge in [-0.1, -0.05) is 18.2 Å². The van der Waals surface area contributed by atoms with Gasteiger partial charge in [0.1, 0.15) is 0 Å². The molecule has 0 fully saturated rings. The first-order valence-electron chi connectivity index (χ1n) is 6.82. The smallest absolute Gasteiger partial charge is 0.328 e. The van der Waals surface area contributed by atoms with E-state index < -0.39 is 5.97 Å². The van der Waals surface area contributed by atoms with Crippen molar-refractivity contribution in [1.82, 2.24) is 0 Å². The molecule has 1 atom stereocenters. The minimum atomic E-state index is -0.930. The maximum atomic E-state index is 10.5. The summed E-state index contributed by atoms with van der Waals surface area (Å²) < 4.78 is 0. The molecule has 1 aromatic carbocycles. The zero-order chi connectivity index (χ0) is 15.2. The van der Waals surface area contributed by atoms with Gasteiger partial charge in [0, 0.05) is 36.2 Å². The summed E-state index contributed by atoms with van der Waals surface area (Å²) in [5, 5.41) is 10.7. The average molecular weight is 301 g/mol. The maximum absolute atomic E-state index is 10.5. The highest BCUT2D eigenvalue weighted by Crippen LogP contribution is 2.20. The molecule has 21 heavy (non-hydrogen) atoms. The minimum absolute atomic E-state index is 0.407. The van der Waals surface area contributed by atoms with Crippen LogP contribution in [0.15, 0.2) is 47.9 Å². The van der Waals surface area contributed by atoms with E-state index in [9.17, 15) is 4.79 Å². The van der Waals surface area contributed by atoms with Crippen LogP contribution in [0.5, 0.6) is 0 Å². The first kappa shape index (κ1) is 15.3. The second-order valence-corrected chi connectivity index (χ2v) is 6.04. The van der Waals surface area contributed by atoms with E-state index in [-0.39, 0.29) is 0 Å². The van der Waals surface area contributed by atoms with Crippen LogP contribution in [-0.2, 0) is 11.2 Å². The number of carboxylic acid groups (broad SMARTS) is 1. The number of benzene rings is 1. The second-order valence-electron chi connectivity index (χ2n) is 5.01. The molecule has 3 nitrogen and oxygen atoms in total. The van der Waals surface area contributed by atoms with Crippen molar-refractivity contribution < 1.29 is 9.90 Å². The van der Waals surface area contributed by atoms with Crippen LogP contribution in [0.2, 0.25) is 0 Å². The molecule has 0 saturated carbocycles. The third-order valence-electron chi connectivity index (χ3n) is 3.46. The summed E-state index contributed by atoms with van der Waals surface area (Å²) in [4.78, 5) is 14.1. The summed E-state index contributed by atoms with van der Waals surface area (Å²) in [6.45, 7) is 2.21. The Labute approximate surface area is 129 Å². The highest BCUT2D eigenvalue weighted by atomic mass is 32.1. The van der Waals surface area contributed by atoms with E-state index in [0.717, 1.165) is 23.7 Å². The van der Waals surface area contributed by atoms with E-state index in [2.05, 4.69) is 36.4 Å². The Balaban J connectivity index is 2.02. The first-order chi connectivity index (χ1) is 10.1. The molecule has 1 heterocycles. The number of anilines is 1. The largest absolute Gasteiger partial charge is 0.478 e. The van der Waals surface area contributed by atoms with Gasteiger partial charge < -0.3 is 10.0 Å². The molecule has 0 aliphatic rings. The molecule has 0 radical (unpaired) electrons. The number of nitrogens with zero attached hydrogens (tertiary/aromatic N) is 1. The van der Waals surface area contributed by atoms with Crippen molar-refractivity contribution in [3.63, 3.8) is 0 Å². The first-order valence-corrected chi connectivity index (χ1v) is 7.70. The van der Waals surface area contributed by atoms with Crippen LogP contribution in [0.4, 0.5) is 5.69 Å². The molecule has 0 saturated heterocycles. The summed E-state index contributed by atoms with van der Waals surface area (Å²) in [5.74, 6) is -0.930. The van der Waals surface area contributed by atoms with Crippen molar-refractivity contribution in [1.29, 1.82) is 0 Å². The topological polar surface area (TPSA) is 40.5 Å². The van der Waals surface area contributed by atoms with Gasteiger partial charge in [-0.3, -0.25) is 0 Å². The number of hydrogen-bond acceptors (Lipinski definition) is 3. The zero-order valence-corrected chi connectivity index (χ0v) is 13.0. The molecule has 1 unspecified atom stereocenters. The van der Waals surface area contributed by atoms with Crippen molar-refractivity contribution >= 4 is 29.1 Å². The number of likely N-dealkylation sites (N-methyl/N-ethyl adjacent to an activating group) is 1. The molecule has 0 bridgehead atoms. The molecule has 1 aromatic heterocycles. The van der Waals surface area contributed by atoms with Gasteiger partial charge in [-0.2, -0.15) is 0 Å². The SMILES string of the molecule is CC(Cc1cccs1)N(C)c1ccc(C=CC(=O)O)cc1. The number of aliphatic carboxylic acids is 1. The maximum Gasteiger partial charge on any atom is 0.328 e. The Kier molecular flexibility index (Phi) is 5.17. The summed E-state index contributed by atoms with van der Waals surface area (Å²) in [6, 6.07) is 12.6. The van der Waals surface area contributed by atoms with Crippen molar-refractivity contribution in [3.05, 3.63) is 58.3 Å². The third kappa shape index (κ3) is 4.46. The lowest BCUT2D eigenvalue weighted by Gasteiger charge is -2.27. The van der Waals surface area contributed by atoms with E-state index in [1.165, 1.54) is 4.88 Å². The lowest BCUT2D eigenvalue weighted by atomic mass is 10.1. The van der Waals surface area contributed by atoms with Gasteiger partial charge in [0.25, 0.3) is 0 Å². The van der Waals surface area contributed by atoms with E-state index in [0.29, 0.717) is 6.04 Å². The van der Waals surface area contributed by atoms with Gasteiger partial charge in [0.2, 0.25) is 0 Å². The summed E-state index contributed by atoms with van der Waals surface area (Å²) >= 11 is 1.78. The van der Waals surface area contributed by atoms with Crippen molar-refractivity contribution in [3.8, 4) is 0 Å². The normalized spacial score (nSPS) is 12.5. The fraction of sp³-hybridized carbons (Fsp3) is 0.235. The van der Waals surface area contributed by atoms with Crippen LogP contribution in [0, 0.1) is 0 Å². The number of carbonyl (C=O) groups is 1. The van der Waals surface area contributed by atoms with Crippen molar-refractivity contribution in [2.75, 3.05) is 11.9 Å². The monoisotopic (exact) mass is 301 g/mol. The number of thiophene rings is 1. The van der Waals surface area contributed by atoms with Crippen LogP contribution in [0.25, 0.3) is 6.08 Å². The number of carboxylic acids is 1. The second kappa shape index (κ2) is 7.09. The molecule has 0 aliphatic heterocycles. The number of hydrogen-bond donors (Lipinski definition) is 1. The Bertz CT molecular complexity index is 602. The molecule has 0 aliphatic carbocycles. The van der Waals surface area contributed by atoms with Gasteiger partial charge in [-0.25, -0.2) is 4.79 Å². The van der Waals surface area contributed by atoms with Crippen molar-refractivity contribution in [2.45, 2.75) is 19.4 Å². The van der Waals surface area contributed by atoms with E-state index in [4.69, 9.17) is 5.11 Å². The fourth-order valence-corrected chi connectivity index (χ4v) is 2.93. The van der Waals surface area contributed by atoms with Gasteiger partial charge in [0.15, 0.2) is 0 Å². The highest BCUT2D eigenvalue weighted by molar-refractivity contribution is 7.09. The molecular formula is C17H19NO2S. The van der Waals surface area contributed by atoms with Crippen LogP contribution < -0.4 is 4.90 Å². The van der Waals surface area contributed by atoms with E-state index in [1.54, 1.807) is 17.4 Å². The molecule has 4 heteroatoms. The molecule has 1 N–H and O–H groups in total. The van der Waals surface area contributed by atoms with Gasteiger partial charge in [0.05, 0.1) is 0 Å². The Hall–Kier alpha value is -2.07. The molecule has 2 rings (SSSR count). The quantitative estimate of drug-likeness (QED) is 0.822. The van der Waals surface area contributed by atoms with Gasteiger partial charge >= 0.3 is 5.97 Å². The highest BCUT2D eigenvalue weighted by Gasteiger charge is 2.11. The average Bonchev–Trinajstić information content (AvgIpc) is 2.97. The lowest BCUT2D eigenvalue weighted by Crippen LogP contribution is -2.30. The van der Waals surface area contributed by atoms with Gasteiger partial charge in [-0.05, 0) is 42.1 Å². The van der Waals surface area contributed by atoms with E-state index >= 15 is 0 Å². The van der Waals surface area contributed by atoms with E-state index in [1.807, 2.05) is 24.3 Å². The molecule has 2 aromatic rings. The third-order valence-corrected chi connectivity index (χ3v) is 4.36.